The lowest BCUT2D eigenvalue weighted by Gasteiger charge is -2.20. The first kappa shape index (κ1) is 39.2. The van der Waals surface area contributed by atoms with Gasteiger partial charge in [-0.15, -0.1) is 0 Å². The highest BCUT2D eigenvalue weighted by Crippen LogP contribution is 2.34. The zero-order valence-corrected chi connectivity index (χ0v) is 29.4. The molecule has 268 valence electrons. The van der Waals surface area contributed by atoms with E-state index in [1.807, 2.05) is 114 Å². The molecule has 0 unspecified atom stereocenters. The molecule has 3 rings (SSSR count). The molecule has 0 aliphatic rings. The minimum atomic E-state index is -0.549. The molecule has 49 heavy (non-hydrogen) atoms. The van der Waals surface area contributed by atoms with Crippen LogP contribution in [-0.2, 0) is 33.5 Å². The molecule has 12 heteroatoms. The van der Waals surface area contributed by atoms with Crippen molar-refractivity contribution in [3.63, 3.8) is 0 Å². The highest BCUT2D eigenvalue weighted by Gasteiger charge is 2.18. The lowest BCUT2D eigenvalue weighted by atomic mass is 9.85. The van der Waals surface area contributed by atoms with E-state index < -0.39 is 12.2 Å². The molecule has 0 fully saturated rings. The summed E-state index contributed by atoms with van der Waals surface area (Å²) in [5.41, 5.74) is 5.09. The molecule has 0 bridgehead atoms. The van der Waals surface area contributed by atoms with Crippen molar-refractivity contribution in [2.24, 2.45) is 0 Å². The average Bonchev–Trinajstić information content (AvgIpc) is 3.07. The van der Waals surface area contributed by atoms with Gasteiger partial charge in [-0.1, -0.05) is 36.4 Å². The Morgan fingerprint density at radius 3 is 1.24 bits per heavy atom. The summed E-state index contributed by atoms with van der Waals surface area (Å²) in [7, 11) is 0. The van der Waals surface area contributed by atoms with Crippen LogP contribution in [0.2, 0.25) is 0 Å². The fourth-order valence-corrected chi connectivity index (χ4v) is 4.56. The van der Waals surface area contributed by atoms with Gasteiger partial charge in [-0.3, -0.25) is 10.6 Å². The van der Waals surface area contributed by atoms with Crippen molar-refractivity contribution >= 4 is 29.2 Å². The first-order chi connectivity index (χ1) is 23.6. The van der Waals surface area contributed by atoms with E-state index in [2.05, 4.69) is 16.0 Å². The standard InChI is InChI=1S/C37H51N3O9/c1-26(2)43-19-21-46-36(41)39-33-15-9-30(10-16-33)35(29-7-13-32(14-8-29)38-25-49-48-24-23-45-28(5)6)31-11-17-34(18-12-31)40-37(42)47-22-20-44-27(3)4/h7-18,26-28,35,38H,19-25H2,1-6H3,(H,39,41)(H,40,42). The molecule has 2 amide bonds. The number of amides is 2. The van der Waals surface area contributed by atoms with Crippen LogP contribution < -0.4 is 16.0 Å². The molecular formula is C37H51N3O9. The smallest absolute Gasteiger partial charge is 0.411 e. The van der Waals surface area contributed by atoms with Gasteiger partial charge < -0.3 is 29.0 Å². The third-order valence-electron chi connectivity index (χ3n) is 6.80. The molecule has 0 radical (unpaired) electrons. The maximum absolute atomic E-state index is 12.3. The number of hydrogen-bond acceptors (Lipinski definition) is 10. The topological polar surface area (TPSA) is 135 Å². The van der Waals surface area contributed by atoms with Crippen molar-refractivity contribution in [2.45, 2.75) is 65.8 Å². The molecule has 0 heterocycles. The van der Waals surface area contributed by atoms with Crippen LogP contribution in [0.5, 0.6) is 0 Å². The lowest BCUT2D eigenvalue weighted by molar-refractivity contribution is -0.295. The minimum absolute atomic E-state index is 0.0670. The quantitative estimate of drug-likeness (QED) is 0.0340. The van der Waals surface area contributed by atoms with Crippen LogP contribution in [0.15, 0.2) is 72.8 Å². The number of nitrogens with one attached hydrogen (secondary N) is 3. The van der Waals surface area contributed by atoms with Crippen molar-refractivity contribution < 1.29 is 43.0 Å². The Kier molecular flexibility index (Phi) is 17.4. The summed E-state index contributed by atoms with van der Waals surface area (Å²) in [6.07, 6.45) is -0.824. The number of hydrogen-bond donors (Lipinski definition) is 3. The summed E-state index contributed by atoms with van der Waals surface area (Å²) in [6, 6.07) is 23.2. The molecule has 0 spiro atoms. The molecule has 0 aliphatic heterocycles. The van der Waals surface area contributed by atoms with Gasteiger partial charge in [0, 0.05) is 23.0 Å². The van der Waals surface area contributed by atoms with Crippen LogP contribution >= 0.6 is 0 Å². The highest BCUT2D eigenvalue weighted by molar-refractivity contribution is 5.85. The van der Waals surface area contributed by atoms with Gasteiger partial charge >= 0.3 is 12.2 Å². The van der Waals surface area contributed by atoms with Crippen LogP contribution in [-0.4, -0.2) is 76.9 Å². The number of carbonyl (C=O) groups excluding carboxylic acids is 2. The number of anilines is 3. The van der Waals surface area contributed by atoms with Crippen LogP contribution in [0.25, 0.3) is 0 Å². The van der Waals surface area contributed by atoms with Crippen molar-refractivity contribution in [1.82, 2.24) is 0 Å². The molecule has 0 aromatic heterocycles. The number of rotatable bonds is 21. The molecule has 12 nitrogen and oxygen atoms in total. The van der Waals surface area contributed by atoms with E-state index in [1.165, 1.54) is 0 Å². The molecule has 3 aromatic rings. The molecule has 0 saturated carbocycles. The van der Waals surface area contributed by atoms with Gasteiger partial charge in [-0.2, -0.15) is 0 Å². The van der Waals surface area contributed by atoms with Crippen molar-refractivity contribution in [3.05, 3.63) is 89.5 Å². The van der Waals surface area contributed by atoms with Crippen LogP contribution in [0.3, 0.4) is 0 Å². The Hall–Kier alpha value is -4.20. The summed E-state index contributed by atoms with van der Waals surface area (Å²) in [6.45, 7) is 13.6. The van der Waals surface area contributed by atoms with Crippen LogP contribution in [0.4, 0.5) is 26.7 Å². The second-order valence-corrected chi connectivity index (χ2v) is 11.8. The fourth-order valence-electron chi connectivity index (χ4n) is 4.56. The van der Waals surface area contributed by atoms with Crippen LogP contribution in [0, 0.1) is 0 Å². The minimum Gasteiger partial charge on any atom is -0.447 e. The largest absolute Gasteiger partial charge is 0.447 e. The van der Waals surface area contributed by atoms with Gasteiger partial charge in [0.2, 0.25) is 0 Å². The molecule has 3 N–H and O–H groups in total. The summed E-state index contributed by atoms with van der Waals surface area (Å²) in [4.78, 5) is 34.9. The third kappa shape index (κ3) is 15.7. The zero-order valence-electron chi connectivity index (χ0n) is 29.4. The first-order valence-electron chi connectivity index (χ1n) is 16.6. The Labute approximate surface area is 289 Å². The van der Waals surface area contributed by atoms with E-state index in [9.17, 15) is 9.59 Å². The van der Waals surface area contributed by atoms with Gasteiger partial charge in [-0.05, 0) is 94.6 Å². The van der Waals surface area contributed by atoms with Crippen molar-refractivity contribution in [2.75, 3.05) is 62.3 Å². The van der Waals surface area contributed by atoms with Crippen LogP contribution in [0.1, 0.15) is 64.2 Å². The van der Waals surface area contributed by atoms with E-state index >= 15 is 0 Å². The SMILES string of the molecule is CC(C)OCCOOCNc1ccc(C(c2ccc(NC(=O)OCCOC(C)C)cc2)c2ccc(NC(=O)OCCOC(C)C)cc2)cc1. The average molecular weight is 682 g/mol. The zero-order chi connectivity index (χ0) is 35.4. The molecular weight excluding hydrogens is 630 g/mol. The summed E-state index contributed by atoms with van der Waals surface area (Å²) in [5.74, 6) is -0.155. The predicted molar refractivity (Wildman–Crippen MR) is 189 cm³/mol. The van der Waals surface area contributed by atoms with Gasteiger partial charge in [-0.25, -0.2) is 19.4 Å². The maximum atomic E-state index is 12.3. The van der Waals surface area contributed by atoms with Crippen molar-refractivity contribution in [3.8, 4) is 0 Å². The number of carbonyl (C=O) groups is 2. The van der Waals surface area contributed by atoms with Gasteiger partial charge in [0.1, 0.15) is 19.8 Å². The van der Waals surface area contributed by atoms with E-state index in [1.54, 1.807) is 0 Å². The number of benzene rings is 3. The lowest BCUT2D eigenvalue weighted by Crippen LogP contribution is -2.18. The first-order valence-corrected chi connectivity index (χ1v) is 16.6. The van der Waals surface area contributed by atoms with E-state index in [-0.39, 0.29) is 44.2 Å². The Morgan fingerprint density at radius 2 is 0.857 bits per heavy atom. The fraction of sp³-hybridized carbons (Fsp3) is 0.459. The second-order valence-electron chi connectivity index (χ2n) is 11.8. The Morgan fingerprint density at radius 1 is 0.490 bits per heavy atom. The van der Waals surface area contributed by atoms with E-state index in [4.69, 9.17) is 33.5 Å². The molecule has 0 saturated heterocycles. The molecule has 0 atom stereocenters. The predicted octanol–water partition coefficient (Wildman–Crippen LogP) is 7.56. The number of ether oxygens (including phenoxy) is 5. The Bertz CT molecular complexity index is 1290. The van der Waals surface area contributed by atoms with E-state index in [0.29, 0.717) is 37.8 Å². The summed E-state index contributed by atoms with van der Waals surface area (Å²) < 4.78 is 26.7. The molecule has 3 aromatic carbocycles. The van der Waals surface area contributed by atoms with Crippen molar-refractivity contribution in [1.29, 1.82) is 0 Å². The van der Waals surface area contributed by atoms with E-state index in [0.717, 1.165) is 22.4 Å². The normalized spacial score (nSPS) is 11.3. The third-order valence-corrected chi connectivity index (χ3v) is 6.80. The maximum Gasteiger partial charge on any atom is 0.411 e. The van der Waals surface area contributed by atoms with Gasteiger partial charge in [0.15, 0.2) is 6.73 Å². The van der Waals surface area contributed by atoms with Gasteiger partial charge in [0.25, 0.3) is 0 Å². The second kappa shape index (κ2) is 21.7. The summed E-state index contributed by atoms with van der Waals surface area (Å²) >= 11 is 0. The highest BCUT2D eigenvalue weighted by atomic mass is 17.2. The monoisotopic (exact) mass is 681 g/mol. The summed E-state index contributed by atoms with van der Waals surface area (Å²) in [5, 5.41) is 8.70. The Balaban J connectivity index is 1.68. The molecule has 0 aliphatic carbocycles. The van der Waals surface area contributed by atoms with Gasteiger partial charge in [0.05, 0.1) is 38.1 Å².